The summed E-state index contributed by atoms with van der Waals surface area (Å²) in [5.74, 6) is -0.0835. The maximum absolute atomic E-state index is 13.1. The number of alkyl halides is 3. The SMILES string of the molecule is COC(CNc1nc(C)cc(C(F)(F)F)c1C#N)C1CCCO1. The molecule has 2 rings (SSSR count). The Morgan fingerprint density at radius 2 is 2.30 bits per heavy atom. The number of aryl methyl sites for hydroxylation is 1. The first-order valence-electron chi connectivity index (χ1n) is 7.24. The number of pyridine rings is 1. The lowest BCUT2D eigenvalue weighted by Crippen LogP contribution is -2.34. The van der Waals surface area contributed by atoms with Gasteiger partial charge in [0.15, 0.2) is 0 Å². The molecule has 0 aromatic carbocycles. The van der Waals surface area contributed by atoms with Crippen molar-refractivity contribution in [1.82, 2.24) is 4.98 Å². The van der Waals surface area contributed by atoms with Gasteiger partial charge < -0.3 is 14.8 Å². The van der Waals surface area contributed by atoms with Crippen molar-refractivity contribution in [1.29, 1.82) is 5.26 Å². The van der Waals surface area contributed by atoms with Crippen molar-refractivity contribution in [2.24, 2.45) is 0 Å². The Bertz CT molecular complexity index is 593. The zero-order valence-electron chi connectivity index (χ0n) is 12.9. The lowest BCUT2D eigenvalue weighted by atomic mass is 10.1. The topological polar surface area (TPSA) is 67.2 Å². The van der Waals surface area contributed by atoms with E-state index in [0.29, 0.717) is 6.61 Å². The summed E-state index contributed by atoms with van der Waals surface area (Å²) >= 11 is 0. The molecule has 2 heterocycles. The maximum atomic E-state index is 13.1. The summed E-state index contributed by atoms with van der Waals surface area (Å²) in [5.41, 5.74) is -1.31. The molecule has 0 radical (unpaired) electrons. The van der Waals surface area contributed by atoms with Crippen LogP contribution in [0.1, 0.15) is 29.7 Å². The van der Waals surface area contributed by atoms with E-state index in [1.807, 2.05) is 0 Å². The number of anilines is 1. The number of ether oxygens (including phenoxy) is 2. The predicted molar refractivity (Wildman–Crippen MR) is 77.0 cm³/mol. The summed E-state index contributed by atoms with van der Waals surface area (Å²) in [6, 6.07) is 2.46. The van der Waals surface area contributed by atoms with Crippen LogP contribution in [0.5, 0.6) is 0 Å². The molecule has 23 heavy (non-hydrogen) atoms. The Kier molecular flexibility index (Phi) is 5.44. The zero-order valence-corrected chi connectivity index (χ0v) is 12.9. The van der Waals surface area contributed by atoms with E-state index >= 15 is 0 Å². The zero-order chi connectivity index (χ0) is 17.0. The van der Waals surface area contributed by atoms with Gasteiger partial charge in [-0.25, -0.2) is 4.98 Å². The minimum absolute atomic E-state index is 0.0835. The Morgan fingerprint density at radius 1 is 1.57 bits per heavy atom. The normalized spacial score (nSPS) is 19.4. The molecule has 0 saturated carbocycles. The monoisotopic (exact) mass is 329 g/mol. The van der Waals surface area contributed by atoms with Crippen LogP contribution >= 0.6 is 0 Å². The molecule has 1 saturated heterocycles. The molecule has 1 aromatic heterocycles. The standard InChI is InChI=1S/C15H18F3N3O2/c1-9-6-11(15(16,17)18)10(7-19)14(21-9)20-8-13(22-2)12-4-3-5-23-12/h6,12-13H,3-5,8H2,1-2H3,(H,20,21). The van der Waals surface area contributed by atoms with Crippen LogP contribution in [0.25, 0.3) is 0 Å². The van der Waals surface area contributed by atoms with Crippen LogP contribution in [-0.4, -0.2) is 37.5 Å². The third kappa shape index (κ3) is 4.12. The summed E-state index contributed by atoms with van der Waals surface area (Å²) in [6.07, 6.45) is -3.27. The maximum Gasteiger partial charge on any atom is 0.417 e. The van der Waals surface area contributed by atoms with Crippen LogP contribution in [0.2, 0.25) is 0 Å². The van der Waals surface area contributed by atoms with Gasteiger partial charge in [0.25, 0.3) is 0 Å². The van der Waals surface area contributed by atoms with Crippen LogP contribution < -0.4 is 5.32 Å². The Labute approximate surface area is 132 Å². The molecular formula is C15H18F3N3O2. The number of rotatable bonds is 5. The van der Waals surface area contributed by atoms with Crippen LogP contribution in [0, 0.1) is 18.3 Å². The van der Waals surface area contributed by atoms with Gasteiger partial charge in [0.2, 0.25) is 0 Å². The first-order chi connectivity index (χ1) is 10.9. The van der Waals surface area contributed by atoms with Crippen molar-refractivity contribution in [2.45, 2.75) is 38.1 Å². The quantitative estimate of drug-likeness (QED) is 0.900. The second-order valence-corrected chi connectivity index (χ2v) is 5.35. The number of hydrogen-bond donors (Lipinski definition) is 1. The molecule has 5 nitrogen and oxygen atoms in total. The van der Waals surface area contributed by atoms with Crippen LogP contribution in [0.15, 0.2) is 6.07 Å². The minimum atomic E-state index is -4.61. The van der Waals surface area contributed by atoms with Gasteiger partial charge in [-0.3, -0.25) is 0 Å². The first kappa shape index (κ1) is 17.5. The van der Waals surface area contributed by atoms with Crippen molar-refractivity contribution in [3.63, 3.8) is 0 Å². The van der Waals surface area contributed by atoms with E-state index in [2.05, 4.69) is 10.3 Å². The van der Waals surface area contributed by atoms with E-state index in [1.54, 1.807) is 6.07 Å². The van der Waals surface area contributed by atoms with Gasteiger partial charge in [-0.05, 0) is 25.8 Å². The molecule has 0 spiro atoms. The fraction of sp³-hybridized carbons (Fsp3) is 0.600. The predicted octanol–water partition coefficient (Wildman–Crippen LogP) is 2.89. The lowest BCUT2D eigenvalue weighted by molar-refractivity contribution is -0.137. The van der Waals surface area contributed by atoms with Crippen molar-refractivity contribution in [3.8, 4) is 6.07 Å². The number of methoxy groups -OCH3 is 1. The molecule has 8 heteroatoms. The second kappa shape index (κ2) is 7.15. The van der Waals surface area contributed by atoms with Crippen molar-refractivity contribution >= 4 is 5.82 Å². The van der Waals surface area contributed by atoms with E-state index in [-0.39, 0.29) is 30.3 Å². The third-order valence-corrected chi connectivity index (χ3v) is 3.72. The second-order valence-electron chi connectivity index (χ2n) is 5.35. The Morgan fingerprint density at radius 3 is 2.83 bits per heavy atom. The summed E-state index contributed by atoms with van der Waals surface area (Å²) in [4.78, 5) is 4.02. The summed E-state index contributed by atoms with van der Waals surface area (Å²) in [5, 5.41) is 11.9. The molecule has 2 atom stereocenters. The van der Waals surface area contributed by atoms with Gasteiger partial charge in [-0.1, -0.05) is 0 Å². The molecule has 1 aromatic rings. The number of hydrogen-bond acceptors (Lipinski definition) is 5. The highest BCUT2D eigenvalue weighted by molar-refractivity contribution is 5.57. The molecule has 1 N–H and O–H groups in total. The van der Waals surface area contributed by atoms with Crippen molar-refractivity contribution in [2.75, 3.05) is 25.6 Å². The first-order valence-corrected chi connectivity index (χ1v) is 7.24. The minimum Gasteiger partial charge on any atom is -0.377 e. The smallest absolute Gasteiger partial charge is 0.377 e. The fourth-order valence-electron chi connectivity index (χ4n) is 2.60. The largest absolute Gasteiger partial charge is 0.417 e. The van der Waals surface area contributed by atoms with Gasteiger partial charge in [0.1, 0.15) is 23.6 Å². The highest BCUT2D eigenvalue weighted by Crippen LogP contribution is 2.34. The van der Waals surface area contributed by atoms with Gasteiger partial charge in [0, 0.05) is 26.0 Å². The summed E-state index contributed by atoms with van der Waals surface area (Å²) in [7, 11) is 1.52. The van der Waals surface area contributed by atoms with Gasteiger partial charge >= 0.3 is 6.18 Å². The average molecular weight is 329 g/mol. The Hall–Kier alpha value is -1.85. The lowest BCUT2D eigenvalue weighted by Gasteiger charge is -2.23. The van der Waals surface area contributed by atoms with E-state index in [9.17, 15) is 13.2 Å². The highest BCUT2D eigenvalue weighted by Gasteiger charge is 2.36. The molecule has 0 amide bonds. The fourth-order valence-corrected chi connectivity index (χ4v) is 2.60. The van der Waals surface area contributed by atoms with E-state index in [4.69, 9.17) is 14.7 Å². The molecule has 1 fully saturated rings. The highest BCUT2D eigenvalue weighted by atomic mass is 19.4. The van der Waals surface area contributed by atoms with Crippen LogP contribution in [0.4, 0.5) is 19.0 Å². The molecule has 1 aliphatic heterocycles. The number of aromatic nitrogens is 1. The van der Waals surface area contributed by atoms with E-state index in [0.717, 1.165) is 18.9 Å². The van der Waals surface area contributed by atoms with Crippen LogP contribution in [-0.2, 0) is 15.7 Å². The number of nitriles is 1. The molecule has 0 aliphatic carbocycles. The summed E-state index contributed by atoms with van der Waals surface area (Å²) < 4.78 is 50.0. The van der Waals surface area contributed by atoms with Gasteiger partial charge in [-0.15, -0.1) is 0 Å². The van der Waals surface area contributed by atoms with Crippen LogP contribution in [0.3, 0.4) is 0 Å². The van der Waals surface area contributed by atoms with Gasteiger partial charge in [0.05, 0.1) is 11.7 Å². The molecule has 0 bridgehead atoms. The molecule has 126 valence electrons. The van der Waals surface area contributed by atoms with Crippen molar-refractivity contribution in [3.05, 3.63) is 22.9 Å². The number of halogens is 3. The average Bonchev–Trinajstić information content (AvgIpc) is 3.00. The van der Waals surface area contributed by atoms with E-state index < -0.39 is 17.3 Å². The molecule has 2 unspecified atom stereocenters. The van der Waals surface area contributed by atoms with Crippen molar-refractivity contribution < 1.29 is 22.6 Å². The van der Waals surface area contributed by atoms with E-state index in [1.165, 1.54) is 14.0 Å². The Balaban J connectivity index is 2.22. The summed E-state index contributed by atoms with van der Waals surface area (Å²) in [6.45, 7) is 2.31. The molecule has 1 aliphatic rings. The third-order valence-electron chi connectivity index (χ3n) is 3.72. The number of nitrogens with zero attached hydrogens (tertiary/aromatic N) is 2. The number of nitrogens with one attached hydrogen (secondary N) is 1. The molecular weight excluding hydrogens is 311 g/mol. The van der Waals surface area contributed by atoms with Gasteiger partial charge in [-0.2, -0.15) is 18.4 Å².